The SMILES string of the molecule is CCC(=O)N(Cc1ccco1)Cc1c(-c2ccccc2)nn(C)c1Oc1ccccc1. The summed E-state index contributed by atoms with van der Waals surface area (Å²) in [6.45, 7) is 2.60. The molecule has 2 aromatic heterocycles. The molecule has 0 aliphatic carbocycles. The summed E-state index contributed by atoms with van der Waals surface area (Å²) >= 11 is 0. The molecule has 4 aromatic rings. The maximum Gasteiger partial charge on any atom is 0.223 e. The van der Waals surface area contributed by atoms with E-state index in [-0.39, 0.29) is 5.91 Å². The van der Waals surface area contributed by atoms with Gasteiger partial charge in [0.1, 0.15) is 17.2 Å². The van der Waals surface area contributed by atoms with Crippen molar-refractivity contribution in [3.8, 4) is 22.9 Å². The van der Waals surface area contributed by atoms with Crippen LogP contribution in [0.1, 0.15) is 24.7 Å². The smallest absolute Gasteiger partial charge is 0.223 e. The first-order chi connectivity index (χ1) is 15.2. The third-order valence-corrected chi connectivity index (χ3v) is 5.02. The molecule has 2 heterocycles. The number of rotatable bonds is 8. The molecule has 2 aromatic carbocycles. The van der Waals surface area contributed by atoms with E-state index in [1.165, 1.54) is 0 Å². The zero-order valence-corrected chi connectivity index (χ0v) is 17.7. The van der Waals surface area contributed by atoms with Crippen LogP contribution < -0.4 is 4.74 Å². The van der Waals surface area contributed by atoms with E-state index < -0.39 is 0 Å². The highest BCUT2D eigenvalue weighted by molar-refractivity contribution is 5.76. The molecule has 4 rings (SSSR count). The largest absolute Gasteiger partial charge is 0.467 e. The number of aryl methyl sites for hydroxylation is 1. The van der Waals surface area contributed by atoms with Crippen LogP contribution in [-0.2, 0) is 24.9 Å². The predicted octanol–water partition coefficient (Wildman–Crippen LogP) is 5.41. The van der Waals surface area contributed by atoms with Crippen LogP contribution in [0.25, 0.3) is 11.3 Å². The fraction of sp³-hybridized carbons (Fsp3) is 0.200. The van der Waals surface area contributed by atoms with E-state index in [1.54, 1.807) is 15.8 Å². The van der Waals surface area contributed by atoms with Crippen molar-refractivity contribution < 1.29 is 13.9 Å². The van der Waals surface area contributed by atoms with Gasteiger partial charge in [-0.3, -0.25) is 4.79 Å². The van der Waals surface area contributed by atoms with E-state index in [4.69, 9.17) is 14.3 Å². The Morgan fingerprint density at radius 2 is 1.71 bits per heavy atom. The molecule has 31 heavy (non-hydrogen) atoms. The highest BCUT2D eigenvalue weighted by Crippen LogP contribution is 2.34. The van der Waals surface area contributed by atoms with E-state index in [0.29, 0.717) is 31.1 Å². The number of hydrogen-bond donors (Lipinski definition) is 0. The summed E-state index contributed by atoms with van der Waals surface area (Å²) in [6.07, 6.45) is 2.02. The second kappa shape index (κ2) is 9.34. The molecular formula is C25H25N3O3. The zero-order valence-electron chi connectivity index (χ0n) is 17.7. The monoisotopic (exact) mass is 415 g/mol. The summed E-state index contributed by atoms with van der Waals surface area (Å²) in [5.74, 6) is 2.09. The van der Waals surface area contributed by atoms with Gasteiger partial charge < -0.3 is 14.1 Å². The maximum absolute atomic E-state index is 12.8. The lowest BCUT2D eigenvalue weighted by Crippen LogP contribution is -2.29. The molecule has 0 unspecified atom stereocenters. The van der Waals surface area contributed by atoms with Crippen LogP contribution in [0.4, 0.5) is 0 Å². The van der Waals surface area contributed by atoms with Crippen molar-refractivity contribution in [2.75, 3.05) is 0 Å². The molecule has 0 radical (unpaired) electrons. The van der Waals surface area contributed by atoms with Gasteiger partial charge in [-0.15, -0.1) is 0 Å². The molecule has 158 valence electrons. The molecule has 0 spiro atoms. The second-order valence-corrected chi connectivity index (χ2v) is 7.22. The number of furan rings is 1. The van der Waals surface area contributed by atoms with Crippen LogP contribution in [0.15, 0.2) is 83.5 Å². The molecule has 0 saturated heterocycles. The molecule has 0 atom stereocenters. The summed E-state index contributed by atoms with van der Waals surface area (Å²) in [7, 11) is 1.85. The summed E-state index contributed by atoms with van der Waals surface area (Å²) in [5.41, 5.74) is 2.62. The van der Waals surface area contributed by atoms with E-state index in [9.17, 15) is 4.79 Å². The van der Waals surface area contributed by atoms with Crippen molar-refractivity contribution in [1.82, 2.24) is 14.7 Å². The standard InChI is InChI=1S/C25H25N3O3/c1-3-23(29)28(17-21-15-10-16-30-21)18-22-24(19-11-6-4-7-12-19)26-27(2)25(22)31-20-13-8-5-9-14-20/h4-16H,3,17-18H2,1-2H3. The zero-order chi connectivity index (χ0) is 21.6. The maximum atomic E-state index is 12.8. The molecule has 0 aliphatic rings. The first-order valence-electron chi connectivity index (χ1n) is 10.3. The Hall–Kier alpha value is -3.80. The van der Waals surface area contributed by atoms with E-state index >= 15 is 0 Å². The van der Waals surface area contributed by atoms with E-state index in [0.717, 1.165) is 22.6 Å². The van der Waals surface area contributed by atoms with Crippen molar-refractivity contribution in [2.24, 2.45) is 7.05 Å². The fourth-order valence-electron chi connectivity index (χ4n) is 3.49. The molecule has 6 nitrogen and oxygen atoms in total. The van der Waals surface area contributed by atoms with Crippen LogP contribution in [0.5, 0.6) is 11.6 Å². The molecule has 0 fully saturated rings. The normalized spacial score (nSPS) is 10.8. The van der Waals surface area contributed by atoms with Crippen LogP contribution in [0.3, 0.4) is 0 Å². The van der Waals surface area contributed by atoms with E-state index in [2.05, 4.69) is 0 Å². The Morgan fingerprint density at radius 3 is 2.35 bits per heavy atom. The summed E-state index contributed by atoms with van der Waals surface area (Å²) < 4.78 is 13.5. The Labute approximate surface area is 181 Å². The number of benzene rings is 2. The topological polar surface area (TPSA) is 60.5 Å². The Kier molecular flexibility index (Phi) is 6.17. The second-order valence-electron chi connectivity index (χ2n) is 7.22. The Balaban J connectivity index is 1.76. The predicted molar refractivity (Wildman–Crippen MR) is 118 cm³/mol. The number of hydrogen-bond acceptors (Lipinski definition) is 4. The van der Waals surface area contributed by atoms with Gasteiger partial charge in [0.05, 0.1) is 24.9 Å². The van der Waals surface area contributed by atoms with Gasteiger partial charge in [0.15, 0.2) is 0 Å². The van der Waals surface area contributed by atoms with Crippen molar-refractivity contribution in [3.63, 3.8) is 0 Å². The van der Waals surface area contributed by atoms with Crippen LogP contribution in [-0.4, -0.2) is 20.6 Å². The van der Waals surface area contributed by atoms with Gasteiger partial charge in [0, 0.05) is 19.0 Å². The number of carbonyl (C=O) groups is 1. The molecule has 0 saturated carbocycles. The third-order valence-electron chi connectivity index (χ3n) is 5.02. The third kappa shape index (κ3) is 4.69. The number of carbonyl (C=O) groups excluding carboxylic acids is 1. The molecule has 0 bridgehead atoms. The van der Waals surface area contributed by atoms with Crippen LogP contribution >= 0.6 is 0 Å². The van der Waals surface area contributed by atoms with Gasteiger partial charge in [-0.1, -0.05) is 55.5 Å². The first kappa shape index (κ1) is 20.5. The molecule has 6 heteroatoms. The van der Waals surface area contributed by atoms with Gasteiger partial charge in [0.2, 0.25) is 11.8 Å². The fourth-order valence-corrected chi connectivity index (χ4v) is 3.49. The van der Waals surface area contributed by atoms with Crippen molar-refractivity contribution in [1.29, 1.82) is 0 Å². The first-order valence-corrected chi connectivity index (χ1v) is 10.3. The van der Waals surface area contributed by atoms with Crippen molar-refractivity contribution in [2.45, 2.75) is 26.4 Å². The minimum atomic E-state index is 0.0323. The summed E-state index contributed by atoms with van der Waals surface area (Å²) in [6, 6.07) is 23.2. The van der Waals surface area contributed by atoms with Gasteiger partial charge in [-0.25, -0.2) is 4.68 Å². The molecule has 0 aliphatic heterocycles. The average molecular weight is 415 g/mol. The molecular weight excluding hydrogens is 390 g/mol. The summed E-state index contributed by atoms with van der Waals surface area (Å²) in [4.78, 5) is 14.6. The number of nitrogens with zero attached hydrogens (tertiary/aromatic N) is 3. The van der Waals surface area contributed by atoms with Crippen LogP contribution in [0, 0.1) is 0 Å². The number of para-hydroxylation sites is 1. The highest BCUT2D eigenvalue weighted by Gasteiger charge is 2.24. The molecule has 0 N–H and O–H groups in total. The van der Waals surface area contributed by atoms with Gasteiger partial charge in [-0.05, 0) is 24.3 Å². The van der Waals surface area contributed by atoms with Gasteiger partial charge in [-0.2, -0.15) is 5.10 Å². The molecule has 1 amide bonds. The van der Waals surface area contributed by atoms with Crippen molar-refractivity contribution >= 4 is 5.91 Å². The number of aromatic nitrogens is 2. The van der Waals surface area contributed by atoms with Gasteiger partial charge >= 0.3 is 0 Å². The lowest BCUT2D eigenvalue weighted by Gasteiger charge is -2.22. The Morgan fingerprint density at radius 1 is 1.00 bits per heavy atom. The average Bonchev–Trinajstić information content (AvgIpc) is 3.43. The highest BCUT2D eigenvalue weighted by atomic mass is 16.5. The number of ether oxygens (including phenoxy) is 1. The Bertz CT molecular complexity index is 1120. The lowest BCUT2D eigenvalue weighted by molar-refractivity contribution is -0.132. The minimum absolute atomic E-state index is 0.0323. The quantitative estimate of drug-likeness (QED) is 0.386. The van der Waals surface area contributed by atoms with E-state index in [1.807, 2.05) is 86.8 Å². The van der Waals surface area contributed by atoms with Crippen LogP contribution in [0.2, 0.25) is 0 Å². The lowest BCUT2D eigenvalue weighted by atomic mass is 10.1. The number of amides is 1. The minimum Gasteiger partial charge on any atom is -0.467 e. The summed E-state index contributed by atoms with van der Waals surface area (Å²) in [5, 5.41) is 4.74. The van der Waals surface area contributed by atoms with Gasteiger partial charge in [0.25, 0.3) is 0 Å². The van der Waals surface area contributed by atoms with Crippen molar-refractivity contribution in [3.05, 3.63) is 90.4 Å².